The van der Waals surface area contributed by atoms with Gasteiger partial charge in [-0.3, -0.25) is 10.1 Å². The lowest BCUT2D eigenvalue weighted by Crippen LogP contribution is -2.37. The van der Waals surface area contributed by atoms with E-state index in [0.29, 0.717) is 12.5 Å². The summed E-state index contributed by atoms with van der Waals surface area (Å²) in [5, 5.41) is 11.1. The van der Waals surface area contributed by atoms with Crippen LogP contribution in [0.5, 0.6) is 0 Å². The van der Waals surface area contributed by atoms with Gasteiger partial charge in [-0.25, -0.2) is 8.42 Å². The number of nitro benzene ring substituents is 1. The first-order valence-corrected chi connectivity index (χ1v) is 7.90. The SMILES string of the molecule is Nc1cccc(S(=O)(=O)N2CC3CCC2C3)c1[N+](=O)[O-]. The van der Waals surface area contributed by atoms with Crippen molar-refractivity contribution in [3.63, 3.8) is 0 Å². The van der Waals surface area contributed by atoms with E-state index in [1.54, 1.807) is 0 Å². The van der Waals surface area contributed by atoms with Crippen LogP contribution in [0.4, 0.5) is 11.4 Å². The van der Waals surface area contributed by atoms with Gasteiger partial charge >= 0.3 is 5.69 Å². The maximum atomic E-state index is 12.7. The molecular formula is C12H15N3O4S. The lowest BCUT2D eigenvalue weighted by Gasteiger charge is -2.26. The van der Waals surface area contributed by atoms with E-state index in [1.165, 1.54) is 22.5 Å². The van der Waals surface area contributed by atoms with E-state index in [0.717, 1.165) is 19.3 Å². The molecular weight excluding hydrogens is 282 g/mol. The fourth-order valence-corrected chi connectivity index (χ4v) is 5.17. The summed E-state index contributed by atoms with van der Waals surface area (Å²) in [6, 6.07) is 4.01. The normalized spacial score (nSPS) is 26.0. The van der Waals surface area contributed by atoms with Gasteiger partial charge in [-0.15, -0.1) is 0 Å². The Labute approximate surface area is 116 Å². The van der Waals surface area contributed by atoms with Crippen LogP contribution in [0.15, 0.2) is 23.1 Å². The first kappa shape index (κ1) is 13.3. The van der Waals surface area contributed by atoms with E-state index in [2.05, 4.69) is 0 Å². The van der Waals surface area contributed by atoms with Gasteiger partial charge in [0.1, 0.15) is 5.69 Å². The smallest absolute Gasteiger partial charge is 0.312 e. The van der Waals surface area contributed by atoms with Crippen LogP contribution in [0.25, 0.3) is 0 Å². The van der Waals surface area contributed by atoms with Gasteiger partial charge in [0, 0.05) is 12.6 Å². The summed E-state index contributed by atoms with van der Waals surface area (Å²) in [6.45, 7) is 0.457. The molecule has 1 saturated carbocycles. The number of anilines is 1. The number of para-hydroxylation sites is 1. The van der Waals surface area contributed by atoms with Crippen molar-refractivity contribution in [1.82, 2.24) is 4.31 Å². The summed E-state index contributed by atoms with van der Waals surface area (Å²) in [5.41, 5.74) is 4.93. The molecule has 20 heavy (non-hydrogen) atoms. The van der Waals surface area contributed by atoms with Gasteiger partial charge in [-0.1, -0.05) is 6.07 Å². The van der Waals surface area contributed by atoms with Crippen LogP contribution in [0.1, 0.15) is 19.3 Å². The van der Waals surface area contributed by atoms with Gasteiger partial charge in [-0.2, -0.15) is 4.31 Å². The van der Waals surface area contributed by atoms with Crippen molar-refractivity contribution in [2.45, 2.75) is 30.2 Å². The Kier molecular flexibility index (Phi) is 2.94. The van der Waals surface area contributed by atoms with Gasteiger partial charge in [0.2, 0.25) is 10.0 Å². The fourth-order valence-electron chi connectivity index (χ4n) is 3.24. The highest BCUT2D eigenvalue weighted by atomic mass is 32.2. The molecule has 2 fully saturated rings. The third kappa shape index (κ3) is 1.87. The van der Waals surface area contributed by atoms with Gasteiger partial charge in [0.25, 0.3) is 0 Å². The zero-order valence-electron chi connectivity index (χ0n) is 10.7. The minimum Gasteiger partial charge on any atom is -0.393 e. The van der Waals surface area contributed by atoms with Crippen LogP contribution in [0, 0.1) is 16.0 Å². The molecule has 2 aliphatic rings. The van der Waals surface area contributed by atoms with E-state index in [-0.39, 0.29) is 16.6 Å². The van der Waals surface area contributed by atoms with Crippen LogP contribution in [-0.4, -0.2) is 30.2 Å². The molecule has 8 heteroatoms. The van der Waals surface area contributed by atoms with E-state index in [1.807, 2.05) is 0 Å². The Hall–Kier alpha value is -1.67. The molecule has 1 aliphatic carbocycles. The van der Waals surface area contributed by atoms with E-state index >= 15 is 0 Å². The van der Waals surface area contributed by atoms with Crippen molar-refractivity contribution < 1.29 is 13.3 Å². The van der Waals surface area contributed by atoms with Gasteiger partial charge in [0.15, 0.2) is 4.90 Å². The average Bonchev–Trinajstić information content (AvgIpc) is 3.00. The Balaban J connectivity index is 2.09. The second kappa shape index (κ2) is 4.42. The second-order valence-corrected chi connectivity index (χ2v) is 7.22. The first-order chi connectivity index (χ1) is 9.41. The fraction of sp³-hybridized carbons (Fsp3) is 0.500. The first-order valence-electron chi connectivity index (χ1n) is 6.46. The predicted molar refractivity (Wildman–Crippen MR) is 72.5 cm³/mol. The third-order valence-corrected chi connectivity index (χ3v) is 6.11. The number of sulfonamides is 1. The quantitative estimate of drug-likeness (QED) is 0.515. The van der Waals surface area contributed by atoms with Crippen molar-refractivity contribution >= 4 is 21.4 Å². The van der Waals surface area contributed by atoms with E-state index < -0.39 is 20.6 Å². The topological polar surface area (TPSA) is 107 Å². The standard InChI is InChI=1S/C12H15N3O4S/c13-10-2-1-3-11(12(10)15(16)17)20(18,19)14-7-8-4-5-9(14)6-8/h1-3,8-9H,4-7,13H2. The number of nitrogen functional groups attached to an aromatic ring is 1. The summed E-state index contributed by atoms with van der Waals surface area (Å²) >= 11 is 0. The van der Waals surface area contributed by atoms with Gasteiger partial charge in [-0.05, 0) is 37.3 Å². The molecule has 0 radical (unpaired) electrons. The molecule has 2 N–H and O–H groups in total. The number of nitro groups is 1. The number of benzene rings is 1. The highest BCUT2D eigenvalue weighted by molar-refractivity contribution is 7.89. The predicted octanol–water partition coefficient (Wildman–Crippen LogP) is 1.35. The molecule has 0 aromatic heterocycles. The van der Waals surface area contributed by atoms with Gasteiger partial charge < -0.3 is 5.73 Å². The van der Waals surface area contributed by atoms with Crippen LogP contribution in [0.3, 0.4) is 0 Å². The second-order valence-electron chi connectivity index (χ2n) is 5.36. The number of nitrogens with two attached hydrogens (primary N) is 1. The lowest BCUT2D eigenvalue weighted by molar-refractivity contribution is -0.386. The number of hydrogen-bond donors (Lipinski definition) is 1. The summed E-state index contributed by atoms with van der Waals surface area (Å²) < 4.78 is 26.7. The Bertz CT molecular complexity index is 673. The Morgan fingerprint density at radius 1 is 1.35 bits per heavy atom. The Morgan fingerprint density at radius 3 is 2.65 bits per heavy atom. The number of hydrogen-bond acceptors (Lipinski definition) is 5. The van der Waals surface area contributed by atoms with Crippen molar-refractivity contribution in [3.05, 3.63) is 28.3 Å². The molecule has 108 valence electrons. The molecule has 2 atom stereocenters. The molecule has 0 spiro atoms. The molecule has 2 unspecified atom stereocenters. The molecule has 1 heterocycles. The van der Waals surface area contributed by atoms with Crippen LogP contribution in [0.2, 0.25) is 0 Å². The van der Waals surface area contributed by atoms with Crippen molar-refractivity contribution in [3.8, 4) is 0 Å². The summed E-state index contributed by atoms with van der Waals surface area (Å²) in [7, 11) is -3.86. The van der Waals surface area contributed by atoms with Crippen molar-refractivity contribution in [2.24, 2.45) is 5.92 Å². The third-order valence-electron chi connectivity index (χ3n) is 4.16. The number of rotatable bonds is 3. The zero-order valence-corrected chi connectivity index (χ0v) is 11.5. The highest BCUT2D eigenvalue weighted by Gasteiger charge is 2.46. The lowest BCUT2D eigenvalue weighted by atomic mass is 10.1. The molecule has 2 bridgehead atoms. The molecule has 1 aliphatic heterocycles. The highest BCUT2D eigenvalue weighted by Crippen LogP contribution is 2.42. The van der Waals surface area contributed by atoms with E-state index in [4.69, 9.17) is 5.73 Å². The summed E-state index contributed by atoms with van der Waals surface area (Å²) in [6.07, 6.45) is 2.73. The maximum absolute atomic E-state index is 12.7. The van der Waals surface area contributed by atoms with Crippen LogP contribution >= 0.6 is 0 Å². The molecule has 1 aromatic rings. The minimum absolute atomic E-state index is 0.0222. The molecule has 3 rings (SSSR count). The zero-order chi connectivity index (χ0) is 14.5. The monoisotopic (exact) mass is 297 g/mol. The number of piperidine rings is 1. The Morgan fingerprint density at radius 2 is 2.10 bits per heavy atom. The average molecular weight is 297 g/mol. The van der Waals surface area contributed by atoms with Crippen LogP contribution in [-0.2, 0) is 10.0 Å². The number of fused-ring (bicyclic) bond motifs is 2. The van der Waals surface area contributed by atoms with E-state index in [9.17, 15) is 18.5 Å². The maximum Gasteiger partial charge on any atom is 0.312 e. The molecule has 7 nitrogen and oxygen atoms in total. The minimum atomic E-state index is -3.86. The van der Waals surface area contributed by atoms with Gasteiger partial charge in [0.05, 0.1) is 4.92 Å². The van der Waals surface area contributed by atoms with Crippen molar-refractivity contribution in [1.29, 1.82) is 0 Å². The summed E-state index contributed by atoms with van der Waals surface area (Å²) in [4.78, 5) is 10.1. The van der Waals surface area contributed by atoms with Crippen molar-refractivity contribution in [2.75, 3.05) is 12.3 Å². The van der Waals surface area contributed by atoms with Crippen LogP contribution < -0.4 is 5.73 Å². The summed E-state index contributed by atoms with van der Waals surface area (Å²) in [5.74, 6) is 0.384. The molecule has 1 aromatic carbocycles. The molecule has 1 saturated heterocycles. The largest absolute Gasteiger partial charge is 0.393 e. The molecule has 0 amide bonds. The number of nitrogens with zero attached hydrogens (tertiary/aromatic N) is 2.